The molecular weight excluding hydrogens is 455 g/mol. The smallest absolute Gasteiger partial charge is 0.230 e. The Morgan fingerprint density at radius 2 is 2.03 bits per heavy atom. The van der Waals surface area contributed by atoms with Crippen molar-refractivity contribution < 1.29 is 9.13 Å². The predicted molar refractivity (Wildman–Crippen MR) is 114 cm³/mol. The zero-order valence-corrected chi connectivity index (χ0v) is 18.0. The van der Waals surface area contributed by atoms with Crippen LogP contribution >= 0.6 is 15.9 Å². The second kappa shape index (κ2) is 7.47. The average molecular weight is 475 g/mol. The van der Waals surface area contributed by atoms with Crippen LogP contribution in [-0.2, 0) is 11.3 Å². The summed E-state index contributed by atoms with van der Waals surface area (Å²) in [4.78, 5) is 19.2. The number of benzene rings is 1. The fraction of sp³-hybridized carbons (Fsp3) is 0.368. The van der Waals surface area contributed by atoms with E-state index in [2.05, 4.69) is 41.2 Å². The fourth-order valence-corrected chi connectivity index (χ4v) is 4.06. The molecule has 4 aromatic rings. The minimum absolute atomic E-state index is 0.0919. The lowest BCUT2D eigenvalue weighted by Crippen LogP contribution is -2.46. The maximum absolute atomic E-state index is 13.4. The molecule has 0 saturated carbocycles. The van der Waals surface area contributed by atoms with E-state index in [-0.39, 0.29) is 18.0 Å². The lowest BCUT2D eigenvalue weighted by Gasteiger charge is -2.35. The van der Waals surface area contributed by atoms with Gasteiger partial charge < -0.3 is 19.9 Å². The molecule has 0 aliphatic carbocycles. The van der Waals surface area contributed by atoms with E-state index in [0.717, 1.165) is 9.99 Å². The molecule has 1 aliphatic heterocycles. The van der Waals surface area contributed by atoms with Crippen molar-refractivity contribution >= 4 is 44.5 Å². The van der Waals surface area contributed by atoms with Crippen LogP contribution < -0.4 is 10.2 Å². The van der Waals surface area contributed by atoms with Gasteiger partial charge in [0.1, 0.15) is 11.6 Å². The number of hydrogen-bond acceptors (Lipinski definition) is 7. The first-order valence-corrected chi connectivity index (χ1v) is 10.5. The normalized spacial score (nSPS) is 19.7. The van der Waals surface area contributed by atoms with Crippen molar-refractivity contribution in [2.75, 3.05) is 23.3 Å². The quantitative estimate of drug-likeness (QED) is 0.468. The summed E-state index contributed by atoms with van der Waals surface area (Å²) < 4.78 is 21.7. The summed E-state index contributed by atoms with van der Waals surface area (Å²) in [6.07, 6.45) is 1.87. The molecule has 3 aromatic heterocycles. The summed E-state index contributed by atoms with van der Waals surface area (Å²) in [5, 5.41) is 7.64. The van der Waals surface area contributed by atoms with E-state index in [9.17, 15) is 4.39 Å². The third kappa shape index (κ3) is 3.58. The fourth-order valence-electron chi connectivity index (χ4n) is 3.71. The van der Waals surface area contributed by atoms with Gasteiger partial charge in [0.2, 0.25) is 11.9 Å². The van der Waals surface area contributed by atoms with Crippen molar-refractivity contribution in [1.82, 2.24) is 29.5 Å². The summed E-state index contributed by atoms with van der Waals surface area (Å²) in [5.74, 6) is 1.51. The molecule has 2 atom stereocenters. The standard InChI is InChI=1S/C19H20BrFN8O/c1-10-8-28(9-11(2)30-10)19-26-17-13(20)6-23-29(17)18(27-19)22-7-16-24-14-4-3-12(21)5-15(14)25-16/h3-6,10-11H,7-9H2,1-2H3,(H,24,25)(H,22,26,27). The van der Waals surface area contributed by atoms with Crippen LogP contribution in [0.4, 0.5) is 16.3 Å². The van der Waals surface area contributed by atoms with Gasteiger partial charge in [0, 0.05) is 19.2 Å². The maximum Gasteiger partial charge on any atom is 0.230 e. The molecule has 2 unspecified atom stereocenters. The second-order valence-electron chi connectivity index (χ2n) is 7.44. The largest absolute Gasteiger partial charge is 0.372 e. The zero-order chi connectivity index (χ0) is 20.8. The Morgan fingerprint density at radius 1 is 1.23 bits per heavy atom. The van der Waals surface area contributed by atoms with Crippen molar-refractivity contribution in [3.8, 4) is 0 Å². The number of aromatic nitrogens is 6. The Kier molecular flexibility index (Phi) is 4.78. The van der Waals surface area contributed by atoms with Gasteiger partial charge >= 0.3 is 0 Å². The monoisotopic (exact) mass is 474 g/mol. The zero-order valence-electron chi connectivity index (χ0n) is 16.4. The molecule has 4 heterocycles. The van der Waals surface area contributed by atoms with Crippen LogP contribution in [0.2, 0.25) is 0 Å². The number of morpholine rings is 1. The number of H-pyrrole nitrogens is 1. The first-order valence-electron chi connectivity index (χ1n) is 9.66. The minimum atomic E-state index is -0.314. The molecule has 1 saturated heterocycles. The van der Waals surface area contributed by atoms with Gasteiger partial charge in [-0.2, -0.15) is 19.6 Å². The molecule has 0 spiro atoms. The highest BCUT2D eigenvalue weighted by molar-refractivity contribution is 9.10. The number of hydrogen-bond donors (Lipinski definition) is 2. The SMILES string of the molecule is CC1CN(c2nc(NCc3nc4cc(F)ccc4[nH]3)n3ncc(Br)c3n2)CC(C)O1. The molecule has 9 nitrogen and oxygen atoms in total. The number of ether oxygens (including phenoxy) is 1. The number of imidazole rings is 1. The van der Waals surface area contributed by atoms with Gasteiger partial charge in [-0.15, -0.1) is 0 Å². The third-order valence-electron chi connectivity index (χ3n) is 4.92. The highest BCUT2D eigenvalue weighted by Crippen LogP contribution is 2.24. The number of nitrogens with one attached hydrogen (secondary N) is 2. The van der Waals surface area contributed by atoms with Gasteiger partial charge in [-0.3, -0.25) is 0 Å². The Morgan fingerprint density at radius 3 is 2.83 bits per heavy atom. The van der Waals surface area contributed by atoms with Gasteiger partial charge in [-0.1, -0.05) is 0 Å². The van der Waals surface area contributed by atoms with Crippen molar-refractivity contribution in [3.63, 3.8) is 0 Å². The van der Waals surface area contributed by atoms with Gasteiger partial charge in [0.05, 0.1) is 40.5 Å². The van der Waals surface area contributed by atoms with E-state index >= 15 is 0 Å². The number of fused-ring (bicyclic) bond motifs is 2. The van der Waals surface area contributed by atoms with E-state index in [1.165, 1.54) is 12.1 Å². The van der Waals surface area contributed by atoms with E-state index < -0.39 is 0 Å². The molecule has 0 bridgehead atoms. The van der Waals surface area contributed by atoms with Crippen LogP contribution in [-0.4, -0.2) is 54.8 Å². The van der Waals surface area contributed by atoms with Crippen LogP contribution in [0.25, 0.3) is 16.7 Å². The van der Waals surface area contributed by atoms with Crippen molar-refractivity contribution in [1.29, 1.82) is 0 Å². The highest BCUT2D eigenvalue weighted by atomic mass is 79.9. The van der Waals surface area contributed by atoms with E-state index in [0.29, 0.717) is 48.5 Å². The lowest BCUT2D eigenvalue weighted by atomic mass is 10.2. The molecule has 30 heavy (non-hydrogen) atoms. The van der Waals surface area contributed by atoms with Gasteiger partial charge in [0.25, 0.3) is 0 Å². The molecule has 1 aromatic carbocycles. The minimum Gasteiger partial charge on any atom is -0.372 e. The van der Waals surface area contributed by atoms with Crippen LogP contribution in [0.3, 0.4) is 0 Å². The predicted octanol–water partition coefficient (Wildman–Crippen LogP) is 3.13. The molecule has 1 aliphatic rings. The first kappa shape index (κ1) is 19.2. The van der Waals surface area contributed by atoms with Gasteiger partial charge in [-0.05, 0) is 41.9 Å². The average Bonchev–Trinajstić information content (AvgIpc) is 3.28. The number of rotatable bonds is 4. The Bertz CT molecular complexity index is 1210. The highest BCUT2D eigenvalue weighted by Gasteiger charge is 2.25. The number of anilines is 2. The summed E-state index contributed by atoms with van der Waals surface area (Å²) in [6, 6.07) is 4.48. The molecule has 11 heteroatoms. The van der Waals surface area contributed by atoms with Crippen LogP contribution in [0.5, 0.6) is 0 Å². The van der Waals surface area contributed by atoms with Crippen LogP contribution in [0, 0.1) is 5.82 Å². The summed E-state index contributed by atoms with van der Waals surface area (Å²) in [5.41, 5.74) is 2.03. The van der Waals surface area contributed by atoms with E-state index in [1.807, 2.05) is 13.8 Å². The summed E-state index contributed by atoms with van der Waals surface area (Å²) in [7, 11) is 0. The topological polar surface area (TPSA) is 96.3 Å². The third-order valence-corrected chi connectivity index (χ3v) is 5.48. The molecule has 1 fully saturated rings. The van der Waals surface area contributed by atoms with E-state index in [1.54, 1.807) is 16.8 Å². The number of halogens is 2. The maximum atomic E-state index is 13.4. The Hall–Kier alpha value is -2.79. The Balaban J connectivity index is 1.46. The summed E-state index contributed by atoms with van der Waals surface area (Å²) >= 11 is 3.51. The molecule has 156 valence electrons. The molecule has 2 N–H and O–H groups in total. The van der Waals surface area contributed by atoms with Crippen molar-refractivity contribution in [3.05, 3.63) is 40.5 Å². The van der Waals surface area contributed by atoms with Gasteiger partial charge in [-0.25, -0.2) is 9.37 Å². The van der Waals surface area contributed by atoms with Crippen molar-refractivity contribution in [2.24, 2.45) is 0 Å². The first-order chi connectivity index (χ1) is 14.5. The number of nitrogens with zero attached hydrogens (tertiary/aromatic N) is 6. The molecule has 5 rings (SSSR count). The molecule has 0 radical (unpaired) electrons. The van der Waals surface area contributed by atoms with E-state index in [4.69, 9.17) is 14.7 Å². The summed E-state index contributed by atoms with van der Waals surface area (Å²) in [6.45, 7) is 5.87. The molecule has 0 amide bonds. The lowest BCUT2D eigenvalue weighted by molar-refractivity contribution is -0.00571. The second-order valence-corrected chi connectivity index (χ2v) is 8.29. The van der Waals surface area contributed by atoms with Crippen molar-refractivity contribution in [2.45, 2.75) is 32.6 Å². The number of aromatic amines is 1. The molecular formula is C19H20BrFN8O. The van der Waals surface area contributed by atoms with Gasteiger partial charge in [0.15, 0.2) is 5.65 Å². The Labute approximate surface area is 179 Å². The van der Waals surface area contributed by atoms with Crippen LogP contribution in [0.1, 0.15) is 19.7 Å². The van der Waals surface area contributed by atoms with Crippen LogP contribution in [0.15, 0.2) is 28.9 Å².